The maximum Gasteiger partial charge on any atom is 0.255 e. The lowest BCUT2D eigenvalue weighted by molar-refractivity contribution is 0.0949. The number of hydrogen-bond acceptors (Lipinski definition) is 3. The summed E-state index contributed by atoms with van der Waals surface area (Å²) in [5.41, 5.74) is 2.52. The van der Waals surface area contributed by atoms with Crippen molar-refractivity contribution in [1.29, 1.82) is 0 Å². The SMILES string of the molecule is CCOc1ccc2ccccc2c1C(=O)NCc1cnn2ccccc12. The zero-order chi connectivity index (χ0) is 17.9. The summed E-state index contributed by atoms with van der Waals surface area (Å²) in [6.07, 6.45) is 3.67. The van der Waals surface area contributed by atoms with Gasteiger partial charge in [0.15, 0.2) is 0 Å². The number of carbonyl (C=O) groups is 1. The van der Waals surface area contributed by atoms with Crippen LogP contribution in [0.5, 0.6) is 5.75 Å². The van der Waals surface area contributed by atoms with Crippen LogP contribution in [0.3, 0.4) is 0 Å². The Bertz CT molecular complexity index is 1080. The number of nitrogens with zero attached hydrogens (tertiary/aromatic N) is 2. The number of amides is 1. The smallest absolute Gasteiger partial charge is 0.255 e. The molecule has 0 unspecified atom stereocenters. The van der Waals surface area contributed by atoms with Crippen molar-refractivity contribution in [3.05, 3.63) is 78.1 Å². The first-order chi connectivity index (χ1) is 12.8. The standard InChI is InChI=1S/C21H19N3O2/c1-2-26-19-11-10-15-7-3-4-8-17(15)20(19)21(25)22-13-16-14-23-24-12-6-5-9-18(16)24/h3-12,14H,2,13H2,1H3,(H,22,25). The molecule has 5 nitrogen and oxygen atoms in total. The van der Waals surface area contributed by atoms with Gasteiger partial charge < -0.3 is 10.1 Å². The first kappa shape index (κ1) is 16.1. The Kier molecular flexibility index (Phi) is 4.27. The molecule has 130 valence electrons. The van der Waals surface area contributed by atoms with E-state index in [2.05, 4.69) is 10.4 Å². The second kappa shape index (κ2) is 6.88. The zero-order valence-corrected chi connectivity index (χ0v) is 14.5. The van der Waals surface area contributed by atoms with E-state index in [4.69, 9.17) is 4.74 Å². The first-order valence-electron chi connectivity index (χ1n) is 8.62. The molecule has 4 aromatic rings. The molecule has 0 atom stereocenters. The lowest BCUT2D eigenvalue weighted by Gasteiger charge is -2.13. The van der Waals surface area contributed by atoms with Gasteiger partial charge in [0.25, 0.3) is 5.91 Å². The molecule has 0 bridgehead atoms. The van der Waals surface area contributed by atoms with Gasteiger partial charge in [-0.2, -0.15) is 5.10 Å². The molecule has 1 N–H and O–H groups in total. The third-order valence-corrected chi connectivity index (χ3v) is 4.36. The fourth-order valence-corrected chi connectivity index (χ4v) is 3.15. The second-order valence-electron chi connectivity index (χ2n) is 5.98. The summed E-state index contributed by atoms with van der Waals surface area (Å²) in [7, 11) is 0. The van der Waals surface area contributed by atoms with Gasteiger partial charge in [-0.3, -0.25) is 4.79 Å². The molecular formula is C21H19N3O2. The van der Waals surface area contributed by atoms with Gasteiger partial charge in [-0.05, 0) is 35.9 Å². The molecule has 0 saturated carbocycles. The third-order valence-electron chi connectivity index (χ3n) is 4.36. The number of nitrogens with one attached hydrogen (secondary N) is 1. The number of benzene rings is 2. The molecular weight excluding hydrogens is 326 g/mol. The number of aromatic nitrogens is 2. The molecule has 0 fully saturated rings. The van der Waals surface area contributed by atoms with Gasteiger partial charge in [-0.15, -0.1) is 0 Å². The topological polar surface area (TPSA) is 55.6 Å². The maximum atomic E-state index is 13.0. The number of carbonyl (C=O) groups excluding carboxylic acids is 1. The van der Waals surface area contributed by atoms with Crippen LogP contribution in [-0.2, 0) is 6.54 Å². The Morgan fingerprint density at radius 1 is 1.12 bits per heavy atom. The Morgan fingerprint density at radius 3 is 2.85 bits per heavy atom. The summed E-state index contributed by atoms with van der Waals surface area (Å²) >= 11 is 0. The van der Waals surface area contributed by atoms with Gasteiger partial charge in [0.1, 0.15) is 5.75 Å². The fourth-order valence-electron chi connectivity index (χ4n) is 3.15. The van der Waals surface area contributed by atoms with Crippen molar-refractivity contribution in [1.82, 2.24) is 14.9 Å². The molecule has 0 aliphatic carbocycles. The van der Waals surface area contributed by atoms with Crippen LogP contribution < -0.4 is 10.1 Å². The largest absolute Gasteiger partial charge is 0.493 e. The van der Waals surface area contributed by atoms with E-state index in [0.29, 0.717) is 24.5 Å². The monoisotopic (exact) mass is 345 g/mol. The van der Waals surface area contributed by atoms with E-state index in [1.54, 1.807) is 10.7 Å². The molecule has 26 heavy (non-hydrogen) atoms. The van der Waals surface area contributed by atoms with Crippen LogP contribution in [-0.4, -0.2) is 22.1 Å². The van der Waals surface area contributed by atoms with Crippen molar-refractivity contribution in [3.8, 4) is 5.75 Å². The van der Waals surface area contributed by atoms with Gasteiger partial charge in [0.2, 0.25) is 0 Å². The zero-order valence-electron chi connectivity index (χ0n) is 14.5. The van der Waals surface area contributed by atoms with Gasteiger partial charge in [0, 0.05) is 18.3 Å². The molecule has 0 spiro atoms. The van der Waals surface area contributed by atoms with E-state index in [9.17, 15) is 4.79 Å². The Morgan fingerprint density at radius 2 is 1.96 bits per heavy atom. The van der Waals surface area contributed by atoms with Gasteiger partial charge in [-0.1, -0.05) is 36.4 Å². The fraction of sp³-hybridized carbons (Fsp3) is 0.143. The molecule has 5 heteroatoms. The Balaban J connectivity index is 1.66. The molecule has 0 saturated heterocycles. The van der Waals surface area contributed by atoms with Crippen molar-refractivity contribution in [2.75, 3.05) is 6.61 Å². The predicted molar refractivity (Wildman–Crippen MR) is 101 cm³/mol. The average Bonchev–Trinajstić information content (AvgIpc) is 3.09. The second-order valence-corrected chi connectivity index (χ2v) is 5.98. The van der Waals surface area contributed by atoms with Crippen LogP contribution in [0.25, 0.3) is 16.3 Å². The van der Waals surface area contributed by atoms with Crippen LogP contribution in [0.1, 0.15) is 22.8 Å². The Hall–Kier alpha value is -3.34. The van der Waals surface area contributed by atoms with E-state index in [0.717, 1.165) is 21.9 Å². The number of hydrogen-bond donors (Lipinski definition) is 1. The molecule has 2 aromatic heterocycles. The highest BCUT2D eigenvalue weighted by atomic mass is 16.5. The summed E-state index contributed by atoms with van der Waals surface area (Å²) in [6.45, 7) is 2.82. The molecule has 2 aromatic carbocycles. The van der Waals surface area contributed by atoms with Crippen molar-refractivity contribution >= 4 is 22.2 Å². The van der Waals surface area contributed by atoms with Crippen LogP contribution in [0, 0.1) is 0 Å². The highest BCUT2D eigenvalue weighted by Crippen LogP contribution is 2.28. The maximum absolute atomic E-state index is 13.0. The minimum Gasteiger partial charge on any atom is -0.493 e. The van der Waals surface area contributed by atoms with Crippen LogP contribution in [0.15, 0.2) is 67.0 Å². The minimum atomic E-state index is -0.152. The van der Waals surface area contributed by atoms with E-state index >= 15 is 0 Å². The number of rotatable bonds is 5. The molecule has 1 amide bonds. The van der Waals surface area contributed by atoms with Crippen molar-refractivity contribution in [2.45, 2.75) is 13.5 Å². The third kappa shape index (κ3) is 2.88. The molecule has 0 radical (unpaired) electrons. The number of fused-ring (bicyclic) bond motifs is 2. The van der Waals surface area contributed by atoms with Gasteiger partial charge in [0.05, 0.1) is 23.9 Å². The number of ether oxygens (including phenoxy) is 1. The van der Waals surface area contributed by atoms with Crippen LogP contribution in [0.4, 0.5) is 0 Å². The average molecular weight is 345 g/mol. The Labute approximate surface area is 151 Å². The predicted octanol–water partition coefficient (Wildman–Crippen LogP) is 3.82. The molecule has 4 rings (SSSR count). The summed E-state index contributed by atoms with van der Waals surface area (Å²) in [5.74, 6) is 0.448. The quantitative estimate of drug-likeness (QED) is 0.598. The van der Waals surface area contributed by atoms with Crippen molar-refractivity contribution < 1.29 is 9.53 Å². The lowest BCUT2D eigenvalue weighted by atomic mass is 10.0. The van der Waals surface area contributed by atoms with E-state index in [-0.39, 0.29) is 5.91 Å². The highest BCUT2D eigenvalue weighted by molar-refractivity contribution is 6.09. The van der Waals surface area contributed by atoms with Crippen molar-refractivity contribution in [3.63, 3.8) is 0 Å². The lowest BCUT2D eigenvalue weighted by Crippen LogP contribution is -2.23. The van der Waals surface area contributed by atoms with Gasteiger partial charge >= 0.3 is 0 Å². The highest BCUT2D eigenvalue weighted by Gasteiger charge is 2.17. The molecule has 0 aliphatic rings. The van der Waals surface area contributed by atoms with Crippen molar-refractivity contribution in [2.24, 2.45) is 0 Å². The first-order valence-corrected chi connectivity index (χ1v) is 8.62. The summed E-state index contributed by atoms with van der Waals surface area (Å²) in [5, 5.41) is 9.22. The normalized spacial score (nSPS) is 11.0. The summed E-state index contributed by atoms with van der Waals surface area (Å²) < 4.78 is 7.49. The minimum absolute atomic E-state index is 0.152. The van der Waals surface area contributed by atoms with E-state index in [1.165, 1.54) is 0 Å². The van der Waals surface area contributed by atoms with Crippen LogP contribution in [0.2, 0.25) is 0 Å². The molecule has 0 aliphatic heterocycles. The van der Waals surface area contributed by atoms with Crippen LogP contribution >= 0.6 is 0 Å². The van der Waals surface area contributed by atoms with E-state index < -0.39 is 0 Å². The van der Waals surface area contributed by atoms with Gasteiger partial charge in [-0.25, -0.2) is 4.52 Å². The van der Waals surface area contributed by atoms with E-state index in [1.807, 2.05) is 67.7 Å². The summed E-state index contributed by atoms with van der Waals surface area (Å²) in [4.78, 5) is 13.0. The molecule has 2 heterocycles. The number of pyridine rings is 1. The summed E-state index contributed by atoms with van der Waals surface area (Å²) in [6, 6.07) is 17.5.